The quantitative estimate of drug-likeness (QED) is 0.882. The van der Waals surface area contributed by atoms with Gasteiger partial charge in [0.1, 0.15) is 5.69 Å². The van der Waals surface area contributed by atoms with E-state index in [4.69, 9.17) is 5.11 Å². The van der Waals surface area contributed by atoms with Crippen LogP contribution < -0.4 is 0 Å². The molecule has 1 heterocycles. The van der Waals surface area contributed by atoms with Gasteiger partial charge in [0.25, 0.3) is 0 Å². The number of H-pyrrole nitrogens is 1. The summed E-state index contributed by atoms with van der Waals surface area (Å²) in [4.78, 5) is 11.0. The molecule has 4 heteroatoms. The summed E-state index contributed by atoms with van der Waals surface area (Å²) in [6.07, 6.45) is 1.94. The van der Waals surface area contributed by atoms with Gasteiger partial charge in [0, 0.05) is 11.5 Å². The predicted molar refractivity (Wildman–Crippen MR) is 69.1 cm³/mol. The minimum absolute atomic E-state index is 0.292. The lowest BCUT2D eigenvalue weighted by Gasteiger charge is -2.04. The first-order chi connectivity index (χ1) is 9.25. The van der Waals surface area contributed by atoms with Crippen LogP contribution in [0.2, 0.25) is 0 Å². The highest BCUT2D eigenvalue weighted by molar-refractivity contribution is 5.87. The molecule has 2 N–H and O–H groups in total. The molecule has 0 bridgehead atoms. The Hall–Kier alpha value is -2.10. The molecule has 2 aliphatic rings. The van der Waals surface area contributed by atoms with E-state index in [0.29, 0.717) is 23.4 Å². The largest absolute Gasteiger partial charge is 0.477 e. The summed E-state index contributed by atoms with van der Waals surface area (Å²) in [6, 6.07) is 10.5. The van der Waals surface area contributed by atoms with E-state index in [1.807, 2.05) is 6.07 Å². The van der Waals surface area contributed by atoms with Gasteiger partial charge >= 0.3 is 5.97 Å². The van der Waals surface area contributed by atoms with Crippen molar-refractivity contribution in [1.29, 1.82) is 0 Å². The fraction of sp³-hybridized carbons (Fsp3) is 0.333. The molecule has 3 unspecified atom stereocenters. The first-order valence-corrected chi connectivity index (χ1v) is 6.60. The average Bonchev–Trinajstić information content (AvgIpc) is 2.75. The number of hydrogen-bond donors (Lipinski definition) is 2. The van der Waals surface area contributed by atoms with Crippen LogP contribution in [0.4, 0.5) is 0 Å². The van der Waals surface area contributed by atoms with Crippen LogP contribution in [0.1, 0.15) is 33.2 Å². The van der Waals surface area contributed by atoms with Crippen molar-refractivity contribution in [3.63, 3.8) is 0 Å². The van der Waals surface area contributed by atoms with Crippen LogP contribution in [-0.4, -0.2) is 21.3 Å². The van der Waals surface area contributed by atoms with Gasteiger partial charge in [0.05, 0.1) is 5.69 Å². The smallest absolute Gasteiger partial charge is 0.354 e. The number of carbonyl (C=O) groups is 1. The molecule has 2 aliphatic carbocycles. The van der Waals surface area contributed by atoms with Crippen molar-refractivity contribution in [2.45, 2.75) is 18.8 Å². The molecular weight excluding hydrogens is 240 g/mol. The maximum atomic E-state index is 11.0. The Balaban J connectivity index is 1.56. The first kappa shape index (κ1) is 10.8. The third-order valence-corrected chi connectivity index (χ3v) is 4.51. The Kier molecular flexibility index (Phi) is 2.10. The number of aromatic amines is 1. The van der Waals surface area contributed by atoms with Crippen LogP contribution >= 0.6 is 0 Å². The van der Waals surface area contributed by atoms with Crippen LogP contribution in [0, 0.1) is 11.8 Å². The SMILES string of the molecule is O=C(O)c1[nH]nc2c1CC1C(Cc3ccccc3)C21. The number of benzene rings is 1. The highest BCUT2D eigenvalue weighted by Gasteiger charge is 2.57. The van der Waals surface area contributed by atoms with Crippen LogP contribution in [0.15, 0.2) is 30.3 Å². The lowest BCUT2D eigenvalue weighted by atomic mass is 10.0. The van der Waals surface area contributed by atoms with E-state index in [0.717, 1.165) is 24.1 Å². The van der Waals surface area contributed by atoms with E-state index < -0.39 is 5.97 Å². The second-order valence-corrected chi connectivity index (χ2v) is 5.51. The number of nitrogens with zero attached hydrogens (tertiary/aromatic N) is 1. The lowest BCUT2D eigenvalue weighted by molar-refractivity contribution is 0.0689. The fourth-order valence-electron chi connectivity index (χ4n) is 3.57. The van der Waals surface area contributed by atoms with Gasteiger partial charge in [-0.15, -0.1) is 0 Å². The van der Waals surface area contributed by atoms with Crippen molar-refractivity contribution in [3.8, 4) is 0 Å². The van der Waals surface area contributed by atoms with Gasteiger partial charge in [-0.2, -0.15) is 5.10 Å². The number of carboxylic acid groups (broad SMARTS) is 1. The number of aromatic nitrogens is 2. The fourth-order valence-corrected chi connectivity index (χ4v) is 3.57. The van der Waals surface area contributed by atoms with Gasteiger partial charge in [-0.25, -0.2) is 4.79 Å². The molecular formula is C15H14N2O2. The molecule has 0 spiro atoms. The maximum Gasteiger partial charge on any atom is 0.354 e. The monoisotopic (exact) mass is 254 g/mol. The zero-order chi connectivity index (χ0) is 13.0. The van der Waals surface area contributed by atoms with Gasteiger partial charge in [-0.3, -0.25) is 5.10 Å². The van der Waals surface area contributed by atoms with Gasteiger partial charge in [-0.1, -0.05) is 30.3 Å². The minimum Gasteiger partial charge on any atom is -0.477 e. The second kappa shape index (κ2) is 3.70. The summed E-state index contributed by atoms with van der Waals surface area (Å²) in [5.74, 6) is 0.819. The van der Waals surface area contributed by atoms with Gasteiger partial charge < -0.3 is 5.11 Å². The zero-order valence-electron chi connectivity index (χ0n) is 10.3. The third-order valence-electron chi connectivity index (χ3n) is 4.51. The van der Waals surface area contributed by atoms with Crippen LogP contribution in [0.3, 0.4) is 0 Å². The van der Waals surface area contributed by atoms with Gasteiger partial charge in [-0.05, 0) is 30.2 Å². The molecule has 1 saturated carbocycles. The van der Waals surface area contributed by atoms with E-state index in [-0.39, 0.29) is 0 Å². The highest BCUT2D eigenvalue weighted by atomic mass is 16.4. The summed E-state index contributed by atoms with van der Waals surface area (Å²) in [5.41, 5.74) is 3.59. The van der Waals surface area contributed by atoms with Crippen molar-refractivity contribution in [1.82, 2.24) is 10.2 Å². The maximum absolute atomic E-state index is 11.0. The molecule has 0 aliphatic heterocycles. The standard InChI is InChI=1S/C15H14N2O2/c18-15(19)14-11-7-10-9(12(10)13(11)16-17-14)6-8-4-2-1-3-5-8/h1-5,9-10,12H,6-7H2,(H,16,17)(H,18,19). The Bertz CT molecular complexity index is 647. The van der Waals surface area contributed by atoms with E-state index in [1.54, 1.807) is 0 Å². The van der Waals surface area contributed by atoms with Crippen molar-refractivity contribution < 1.29 is 9.90 Å². The molecule has 96 valence electrons. The topological polar surface area (TPSA) is 66.0 Å². The molecule has 1 aromatic heterocycles. The average molecular weight is 254 g/mol. The van der Waals surface area contributed by atoms with Crippen molar-refractivity contribution >= 4 is 5.97 Å². The van der Waals surface area contributed by atoms with Gasteiger partial charge in [0.2, 0.25) is 0 Å². The lowest BCUT2D eigenvalue weighted by Crippen LogP contribution is -2.03. The number of hydrogen-bond acceptors (Lipinski definition) is 2. The molecule has 1 fully saturated rings. The minimum atomic E-state index is -0.894. The molecule has 0 amide bonds. The summed E-state index contributed by atoms with van der Waals surface area (Å²) < 4.78 is 0. The molecule has 1 aromatic carbocycles. The first-order valence-electron chi connectivity index (χ1n) is 6.60. The second-order valence-electron chi connectivity index (χ2n) is 5.51. The number of aromatic carboxylic acids is 1. The number of carboxylic acids is 1. The Morgan fingerprint density at radius 1 is 1.37 bits per heavy atom. The van der Waals surface area contributed by atoms with Crippen LogP contribution in [0.25, 0.3) is 0 Å². The summed E-state index contributed by atoms with van der Waals surface area (Å²) in [7, 11) is 0. The summed E-state index contributed by atoms with van der Waals surface area (Å²) >= 11 is 0. The van der Waals surface area contributed by atoms with E-state index in [2.05, 4.69) is 34.5 Å². The van der Waals surface area contributed by atoms with Crippen molar-refractivity contribution in [3.05, 3.63) is 52.8 Å². The predicted octanol–water partition coefficient (Wildman–Crippen LogP) is 2.24. The molecule has 19 heavy (non-hydrogen) atoms. The zero-order valence-corrected chi connectivity index (χ0v) is 10.3. The van der Waals surface area contributed by atoms with Crippen LogP contribution in [-0.2, 0) is 12.8 Å². The molecule has 3 atom stereocenters. The van der Waals surface area contributed by atoms with E-state index in [9.17, 15) is 4.79 Å². The molecule has 4 rings (SSSR count). The summed E-state index contributed by atoms with van der Waals surface area (Å²) in [5, 5.41) is 16.0. The van der Waals surface area contributed by atoms with E-state index in [1.165, 1.54) is 5.56 Å². The summed E-state index contributed by atoms with van der Waals surface area (Å²) in [6.45, 7) is 0. The normalized spacial score (nSPS) is 26.8. The molecule has 2 aromatic rings. The Labute approximate surface area is 110 Å². The Morgan fingerprint density at radius 3 is 2.89 bits per heavy atom. The number of fused-ring (bicyclic) bond motifs is 3. The van der Waals surface area contributed by atoms with Crippen LogP contribution in [0.5, 0.6) is 0 Å². The van der Waals surface area contributed by atoms with Crippen molar-refractivity contribution in [2.24, 2.45) is 11.8 Å². The molecule has 0 radical (unpaired) electrons. The van der Waals surface area contributed by atoms with Crippen molar-refractivity contribution in [2.75, 3.05) is 0 Å². The Morgan fingerprint density at radius 2 is 2.16 bits per heavy atom. The number of rotatable bonds is 3. The van der Waals surface area contributed by atoms with E-state index >= 15 is 0 Å². The number of nitrogens with one attached hydrogen (secondary N) is 1. The highest BCUT2D eigenvalue weighted by Crippen LogP contribution is 2.62. The molecule has 4 nitrogen and oxygen atoms in total. The third kappa shape index (κ3) is 1.52. The van der Waals surface area contributed by atoms with Gasteiger partial charge in [0.15, 0.2) is 0 Å². The molecule has 0 saturated heterocycles.